The van der Waals surface area contributed by atoms with Crippen LogP contribution in [-0.2, 0) is 14.3 Å². The van der Waals surface area contributed by atoms with Gasteiger partial charge in [-0.25, -0.2) is 9.59 Å². The Hall–Kier alpha value is -2.04. The van der Waals surface area contributed by atoms with E-state index in [-0.39, 0.29) is 12.7 Å². The topological polar surface area (TPSA) is 55.8 Å². The normalized spacial score (nSPS) is 22.8. The minimum Gasteiger partial charge on any atom is -0.460 e. The van der Waals surface area contributed by atoms with Crippen molar-refractivity contribution in [2.45, 2.75) is 46.1 Å². The molecule has 26 heavy (non-hydrogen) atoms. The molecule has 1 fully saturated rings. The Balaban J connectivity index is 1.86. The molecule has 3 atom stereocenters. The van der Waals surface area contributed by atoms with Crippen molar-refractivity contribution < 1.29 is 19.1 Å². The average Bonchev–Trinajstić information content (AvgIpc) is 2.59. The van der Waals surface area contributed by atoms with Crippen LogP contribution in [-0.4, -0.2) is 38.7 Å². The summed E-state index contributed by atoms with van der Waals surface area (Å²) in [5, 5.41) is 0. The van der Waals surface area contributed by atoms with Gasteiger partial charge in [0.05, 0.1) is 5.56 Å². The van der Waals surface area contributed by atoms with Gasteiger partial charge in [-0.05, 0) is 54.9 Å². The number of benzene rings is 1. The highest BCUT2D eigenvalue weighted by atomic mass is 16.6. The van der Waals surface area contributed by atoms with E-state index in [2.05, 4.69) is 20.8 Å². The summed E-state index contributed by atoms with van der Waals surface area (Å²) >= 11 is 0. The van der Waals surface area contributed by atoms with Crippen molar-refractivity contribution in [3.8, 4) is 0 Å². The summed E-state index contributed by atoms with van der Waals surface area (Å²) in [6.45, 7) is 6.18. The molecule has 5 nitrogen and oxygen atoms in total. The molecular weight excluding hydrogens is 330 g/mol. The van der Waals surface area contributed by atoms with E-state index >= 15 is 0 Å². The molecular formula is C21H31NO4. The smallest absolute Gasteiger partial charge is 0.344 e. The fourth-order valence-electron chi connectivity index (χ4n) is 3.56. The monoisotopic (exact) mass is 361 g/mol. The number of carbonyl (C=O) groups is 2. The van der Waals surface area contributed by atoms with Gasteiger partial charge in [-0.1, -0.05) is 27.2 Å². The van der Waals surface area contributed by atoms with Crippen molar-refractivity contribution in [1.82, 2.24) is 0 Å². The van der Waals surface area contributed by atoms with Crippen molar-refractivity contribution in [2.24, 2.45) is 17.8 Å². The summed E-state index contributed by atoms with van der Waals surface area (Å²) in [6.07, 6.45) is 3.06. The van der Waals surface area contributed by atoms with Crippen LogP contribution in [0.3, 0.4) is 0 Å². The van der Waals surface area contributed by atoms with Crippen LogP contribution in [0, 0.1) is 17.8 Å². The molecule has 2 rings (SSSR count). The molecule has 1 aromatic carbocycles. The number of hydrogen-bond donors (Lipinski definition) is 0. The van der Waals surface area contributed by atoms with Gasteiger partial charge in [0.15, 0.2) is 6.61 Å². The fourth-order valence-corrected chi connectivity index (χ4v) is 3.56. The molecule has 0 spiro atoms. The maximum Gasteiger partial charge on any atom is 0.344 e. The van der Waals surface area contributed by atoms with Crippen LogP contribution in [0.25, 0.3) is 0 Å². The quantitative estimate of drug-likeness (QED) is 0.719. The van der Waals surface area contributed by atoms with Crippen LogP contribution < -0.4 is 4.90 Å². The first-order chi connectivity index (χ1) is 12.3. The van der Waals surface area contributed by atoms with E-state index in [1.165, 1.54) is 6.42 Å². The molecule has 1 aliphatic carbocycles. The van der Waals surface area contributed by atoms with E-state index in [4.69, 9.17) is 9.47 Å². The summed E-state index contributed by atoms with van der Waals surface area (Å²) in [7, 11) is 3.86. The van der Waals surface area contributed by atoms with E-state index in [9.17, 15) is 9.59 Å². The molecule has 0 radical (unpaired) electrons. The molecule has 0 heterocycles. The predicted molar refractivity (Wildman–Crippen MR) is 102 cm³/mol. The maximum atomic E-state index is 12.2. The minimum atomic E-state index is -0.510. The van der Waals surface area contributed by atoms with Crippen LogP contribution in [0.2, 0.25) is 0 Å². The molecule has 0 bridgehead atoms. The Bertz CT molecular complexity index is 609. The lowest BCUT2D eigenvalue weighted by atomic mass is 9.75. The van der Waals surface area contributed by atoms with Crippen molar-refractivity contribution in [2.75, 3.05) is 25.6 Å². The number of nitrogens with zero attached hydrogens (tertiary/aromatic N) is 1. The standard InChI is InChI=1S/C21H31NO4/c1-14(2)18-11-6-15(3)12-19(18)26-20(23)13-25-21(24)16-7-9-17(10-8-16)22(4)5/h7-10,14-15,18-19H,6,11-13H2,1-5H3/t15-,18-,19+/m1/s1. The van der Waals surface area contributed by atoms with Crippen molar-refractivity contribution in [3.05, 3.63) is 29.8 Å². The molecule has 0 aromatic heterocycles. The first-order valence-electron chi connectivity index (χ1n) is 9.42. The number of rotatable bonds is 6. The fraction of sp³-hybridized carbons (Fsp3) is 0.619. The third-order valence-corrected chi connectivity index (χ3v) is 5.18. The lowest BCUT2D eigenvalue weighted by molar-refractivity contribution is -0.159. The molecule has 0 N–H and O–H groups in total. The highest BCUT2D eigenvalue weighted by Crippen LogP contribution is 2.35. The summed E-state index contributed by atoms with van der Waals surface area (Å²) in [5.74, 6) is 0.431. The highest BCUT2D eigenvalue weighted by Gasteiger charge is 2.33. The number of anilines is 1. The van der Waals surface area contributed by atoms with Gasteiger partial charge < -0.3 is 14.4 Å². The highest BCUT2D eigenvalue weighted by molar-refractivity contribution is 5.91. The Morgan fingerprint density at radius 3 is 2.38 bits per heavy atom. The summed E-state index contributed by atoms with van der Waals surface area (Å²) in [4.78, 5) is 26.2. The van der Waals surface area contributed by atoms with Gasteiger partial charge in [-0.2, -0.15) is 0 Å². The molecule has 1 saturated carbocycles. The lowest BCUT2D eigenvalue weighted by Gasteiger charge is -2.36. The van der Waals surface area contributed by atoms with Gasteiger partial charge in [-0.15, -0.1) is 0 Å². The molecule has 144 valence electrons. The van der Waals surface area contributed by atoms with Crippen molar-refractivity contribution in [1.29, 1.82) is 0 Å². The second kappa shape index (κ2) is 9.06. The van der Waals surface area contributed by atoms with E-state index in [0.29, 0.717) is 23.3 Å². The van der Waals surface area contributed by atoms with Crippen LogP contribution >= 0.6 is 0 Å². The zero-order valence-corrected chi connectivity index (χ0v) is 16.5. The zero-order chi connectivity index (χ0) is 19.3. The SMILES string of the molecule is CC(C)[C@H]1CC[C@@H](C)C[C@@H]1OC(=O)COC(=O)c1ccc(N(C)C)cc1. The van der Waals surface area contributed by atoms with E-state index < -0.39 is 11.9 Å². The van der Waals surface area contributed by atoms with Crippen LogP contribution in [0.1, 0.15) is 50.4 Å². The molecule has 0 unspecified atom stereocenters. The van der Waals surface area contributed by atoms with Gasteiger partial charge in [0.25, 0.3) is 0 Å². The van der Waals surface area contributed by atoms with E-state index in [0.717, 1.165) is 18.5 Å². The van der Waals surface area contributed by atoms with Gasteiger partial charge in [0.1, 0.15) is 6.10 Å². The van der Waals surface area contributed by atoms with Gasteiger partial charge in [-0.3, -0.25) is 0 Å². The molecule has 0 amide bonds. The second-order valence-corrected chi connectivity index (χ2v) is 7.87. The molecule has 5 heteroatoms. The van der Waals surface area contributed by atoms with Crippen LogP contribution in [0.15, 0.2) is 24.3 Å². The largest absolute Gasteiger partial charge is 0.460 e. The Kier molecular flexibility index (Phi) is 7.06. The number of ether oxygens (including phenoxy) is 2. The third kappa shape index (κ3) is 5.48. The molecule has 1 aliphatic rings. The van der Waals surface area contributed by atoms with Crippen molar-refractivity contribution >= 4 is 17.6 Å². The van der Waals surface area contributed by atoms with Gasteiger partial charge in [0.2, 0.25) is 0 Å². The summed E-state index contributed by atoms with van der Waals surface area (Å²) in [5.41, 5.74) is 1.42. The summed E-state index contributed by atoms with van der Waals surface area (Å²) < 4.78 is 10.8. The minimum absolute atomic E-state index is 0.0793. The first-order valence-corrected chi connectivity index (χ1v) is 9.42. The van der Waals surface area contributed by atoms with E-state index in [1.54, 1.807) is 12.1 Å². The summed E-state index contributed by atoms with van der Waals surface area (Å²) in [6, 6.07) is 7.07. The lowest BCUT2D eigenvalue weighted by Crippen LogP contribution is -2.36. The Morgan fingerprint density at radius 2 is 1.81 bits per heavy atom. The number of esters is 2. The Morgan fingerprint density at radius 1 is 1.15 bits per heavy atom. The second-order valence-electron chi connectivity index (χ2n) is 7.87. The number of hydrogen-bond acceptors (Lipinski definition) is 5. The zero-order valence-electron chi connectivity index (χ0n) is 16.5. The number of carbonyl (C=O) groups excluding carboxylic acids is 2. The van der Waals surface area contributed by atoms with Gasteiger partial charge >= 0.3 is 11.9 Å². The van der Waals surface area contributed by atoms with E-state index in [1.807, 2.05) is 31.1 Å². The molecule has 0 saturated heterocycles. The third-order valence-electron chi connectivity index (χ3n) is 5.18. The van der Waals surface area contributed by atoms with Crippen molar-refractivity contribution in [3.63, 3.8) is 0 Å². The van der Waals surface area contributed by atoms with Crippen LogP contribution in [0.5, 0.6) is 0 Å². The van der Waals surface area contributed by atoms with Crippen LogP contribution in [0.4, 0.5) is 5.69 Å². The molecule has 1 aromatic rings. The Labute approximate surface area is 156 Å². The maximum absolute atomic E-state index is 12.2. The predicted octanol–water partition coefficient (Wildman–Crippen LogP) is 3.91. The first kappa shape index (κ1) is 20.3. The molecule has 0 aliphatic heterocycles. The average molecular weight is 361 g/mol. The van der Waals surface area contributed by atoms with Gasteiger partial charge in [0, 0.05) is 19.8 Å².